The number of carbonyl (C=O) groups excluding carboxylic acids is 1. The van der Waals surface area contributed by atoms with Crippen LogP contribution in [0.5, 0.6) is 0 Å². The van der Waals surface area contributed by atoms with Gasteiger partial charge in [0.15, 0.2) is 0 Å². The number of hydrogen-bond acceptors (Lipinski definition) is 6. The molecular weight excluding hydrogens is 450 g/mol. The number of nitrogens with one attached hydrogen (secondary N) is 1. The second-order valence-electron chi connectivity index (χ2n) is 9.45. The predicted octanol–water partition coefficient (Wildman–Crippen LogP) is 3.09. The lowest BCUT2D eigenvalue weighted by Gasteiger charge is -2.39. The van der Waals surface area contributed by atoms with Gasteiger partial charge in [0.1, 0.15) is 17.9 Å². The molecule has 0 aromatic heterocycles. The zero-order valence-corrected chi connectivity index (χ0v) is 20.5. The number of nitrogens with two attached hydrogens (primary N) is 1. The van der Waals surface area contributed by atoms with Crippen LogP contribution >= 0.6 is 0 Å². The zero-order valence-electron chi connectivity index (χ0n) is 20.5. The number of aliphatic hydroxyl groups excluding tert-OH is 2. The molecule has 0 aliphatic heterocycles. The summed E-state index contributed by atoms with van der Waals surface area (Å²) < 4.78 is 5.27. The molecule has 0 radical (unpaired) electrons. The van der Waals surface area contributed by atoms with Gasteiger partial charge in [0.25, 0.3) is 0 Å². The fraction of sp³-hybridized carbons (Fsp3) is 0.462. The average molecular weight is 488 g/mol. The Morgan fingerprint density at radius 2 is 1.37 bits per heavy atom. The van der Waals surface area contributed by atoms with Gasteiger partial charge >= 0.3 is 12.2 Å². The van der Waals surface area contributed by atoms with Crippen LogP contribution in [0.25, 0.3) is 0 Å². The van der Waals surface area contributed by atoms with E-state index in [2.05, 4.69) is 5.32 Å². The molecule has 0 fully saturated rings. The molecule has 9 nitrogen and oxygen atoms in total. The molecule has 4 unspecified atom stereocenters. The summed E-state index contributed by atoms with van der Waals surface area (Å²) in [5.74, 6) is 0. The van der Waals surface area contributed by atoms with Gasteiger partial charge in [-0.15, -0.1) is 0 Å². The number of carboxylic acid groups (broad SMARTS) is 1. The molecule has 2 aromatic rings. The molecule has 192 valence electrons. The third-order valence-electron chi connectivity index (χ3n) is 5.41. The maximum atomic E-state index is 12.5. The quantitative estimate of drug-likeness (QED) is 0.306. The van der Waals surface area contributed by atoms with Crippen molar-refractivity contribution in [2.24, 2.45) is 5.73 Å². The molecule has 0 aliphatic carbocycles. The summed E-state index contributed by atoms with van der Waals surface area (Å²) in [6, 6.07) is 18.8. The Kier molecular flexibility index (Phi) is 10.5. The standard InChI is InChI=1S/C26H37N3O6/c1-26(2,3)35-24(32)28-23(21(31)17-15-19-12-8-5-9-13-19)29(25(33)34)22(27)20(30)16-14-18-10-6-4-7-11-18/h4-13,20-23,30-31H,14-17,27H2,1-3H3,(H,28,32)(H,33,34). The molecule has 0 aliphatic rings. The van der Waals surface area contributed by atoms with Crippen LogP contribution in [0.2, 0.25) is 0 Å². The minimum absolute atomic E-state index is 0.140. The van der Waals surface area contributed by atoms with Crippen molar-refractivity contribution in [3.63, 3.8) is 0 Å². The first-order valence-electron chi connectivity index (χ1n) is 11.7. The Morgan fingerprint density at radius 3 is 1.80 bits per heavy atom. The lowest BCUT2D eigenvalue weighted by Crippen LogP contribution is -2.65. The summed E-state index contributed by atoms with van der Waals surface area (Å²) in [5.41, 5.74) is 7.24. The number of alkyl carbamates (subject to hydrolysis) is 1. The number of hydrogen-bond donors (Lipinski definition) is 5. The van der Waals surface area contributed by atoms with Gasteiger partial charge in [0.2, 0.25) is 0 Å². The first-order chi connectivity index (χ1) is 16.5. The van der Waals surface area contributed by atoms with E-state index in [4.69, 9.17) is 10.5 Å². The van der Waals surface area contributed by atoms with Crippen molar-refractivity contribution in [2.45, 2.75) is 76.6 Å². The normalized spacial score (nSPS) is 14.9. The molecule has 9 heteroatoms. The van der Waals surface area contributed by atoms with E-state index in [0.717, 1.165) is 11.1 Å². The van der Waals surface area contributed by atoms with Gasteiger partial charge in [0, 0.05) is 0 Å². The Hall–Kier alpha value is -3.14. The van der Waals surface area contributed by atoms with Gasteiger partial charge in [-0.3, -0.25) is 10.2 Å². The monoisotopic (exact) mass is 487 g/mol. The van der Waals surface area contributed by atoms with E-state index in [-0.39, 0.29) is 12.8 Å². The Balaban J connectivity index is 2.20. The molecule has 0 saturated heterocycles. The molecule has 2 amide bonds. The van der Waals surface area contributed by atoms with Gasteiger partial charge in [-0.1, -0.05) is 60.7 Å². The van der Waals surface area contributed by atoms with Crippen LogP contribution in [0.4, 0.5) is 9.59 Å². The summed E-state index contributed by atoms with van der Waals surface area (Å²) in [6.45, 7) is 5.00. The number of ether oxygens (including phenoxy) is 1. The lowest BCUT2D eigenvalue weighted by molar-refractivity contribution is -0.0303. The SMILES string of the molecule is CC(C)(C)OC(=O)NC(C(O)CCc1ccccc1)N(C(=O)O)C(N)C(O)CCc1ccccc1. The van der Waals surface area contributed by atoms with Gasteiger partial charge in [-0.2, -0.15) is 0 Å². The summed E-state index contributed by atoms with van der Waals surface area (Å²) >= 11 is 0. The van der Waals surface area contributed by atoms with Gasteiger partial charge in [0.05, 0.1) is 12.2 Å². The lowest BCUT2D eigenvalue weighted by atomic mass is 10.0. The van der Waals surface area contributed by atoms with E-state index in [1.807, 2.05) is 60.7 Å². The molecular formula is C26H37N3O6. The van der Waals surface area contributed by atoms with Crippen molar-refractivity contribution in [1.82, 2.24) is 10.2 Å². The number of amides is 2. The van der Waals surface area contributed by atoms with Crippen molar-refractivity contribution in [3.8, 4) is 0 Å². The highest BCUT2D eigenvalue weighted by Crippen LogP contribution is 2.17. The summed E-state index contributed by atoms with van der Waals surface area (Å²) in [6.07, 6.45) is -6.54. The highest BCUT2D eigenvalue weighted by molar-refractivity contribution is 5.70. The van der Waals surface area contributed by atoms with Crippen molar-refractivity contribution >= 4 is 12.2 Å². The Bertz CT molecular complexity index is 920. The maximum Gasteiger partial charge on any atom is 0.410 e. The molecule has 0 saturated carbocycles. The van der Waals surface area contributed by atoms with Crippen LogP contribution in [0.15, 0.2) is 60.7 Å². The second kappa shape index (κ2) is 13.1. The predicted molar refractivity (Wildman–Crippen MR) is 133 cm³/mol. The van der Waals surface area contributed by atoms with Crippen molar-refractivity contribution < 1.29 is 29.6 Å². The highest BCUT2D eigenvalue weighted by atomic mass is 16.6. The van der Waals surface area contributed by atoms with Crippen molar-refractivity contribution in [2.75, 3.05) is 0 Å². The molecule has 0 bridgehead atoms. The number of nitrogens with zero attached hydrogens (tertiary/aromatic N) is 1. The van der Waals surface area contributed by atoms with Crippen LogP contribution in [0.1, 0.15) is 44.7 Å². The van der Waals surface area contributed by atoms with Gasteiger partial charge in [-0.05, 0) is 57.6 Å². The van der Waals surface area contributed by atoms with Crippen molar-refractivity contribution in [3.05, 3.63) is 71.8 Å². The maximum absolute atomic E-state index is 12.5. The average Bonchev–Trinajstić information content (AvgIpc) is 2.80. The third kappa shape index (κ3) is 9.56. The van der Waals surface area contributed by atoms with Crippen LogP contribution < -0.4 is 11.1 Å². The van der Waals surface area contributed by atoms with E-state index in [9.17, 15) is 24.9 Å². The third-order valence-corrected chi connectivity index (χ3v) is 5.41. The fourth-order valence-corrected chi connectivity index (χ4v) is 3.64. The minimum atomic E-state index is -1.49. The largest absolute Gasteiger partial charge is 0.465 e. The molecule has 2 rings (SSSR count). The van der Waals surface area contributed by atoms with Crippen LogP contribution in [0.3, 0.4) is 0 Å². The van der Waals surface area contributed by atoms with E-state index in [0.29, 0.717) is 17.7 Å². The number of aliphatic hydroxyl groups is 2. The molecule has 0 spiro atoms. The molecule has 6 N–H and O–H groups in total. The minimum Gasteiger partial charge on any atom is -0.465 e. The Labute approximate surface area is 206 Å². The summed E-state index contributed by atoms with van der Waals surface area (Å²) in [7, 11) is 0. The van der Waals surface area contributed by atoms with E-state index < -0.39 is 42.3 Å². The smallest absolute Gasteiger partial charge is 0.410 e. The highest BCUT2D eigenvalue weighted by Gasteiger charge is 2.38. The number of benzene rings is 2. The van der Waals surface area contributed by atoms with Crippen molar-refractivity contribution in [1.29, 1.82) is 0 Å². The first kappa shape index (κ1) is 28.1. The van der Waals surface area contributed by atoms with E-state index >= 15 is 0 Å². The number of rotatable bonds is 11. The zero-order chi connectivity index (χ0) is 26.0. The molecule has 35 heavy (non-hydrogen) atoms. The van der Waals surface area contributed by atoms with Gasteiger partial charge in [-0.25, -0.2) is 9.59 Å². The summed E-state index contributed by atoms with van der Waals surface area (Å²) in [5, 5.41) is 34.1. The summed E-state index contributed by atoms with van der Waals surface area (Å²) in [4.78, 5) is 25.4. The number of carbonyl (C=O) groups is 2. The fourth-order valence-electron chi connectivity index (χ4n) is 3.64. The Morgan fingerprint density at radius 1 is 0.914 bits per heavy atom. The molecule has 2 aromatic carbocycles. The topological polar surface area (TPSA) is 145 Å². The van der Waals surface area contributed by atoms with Crippen LogP contribution in [0, 0.1) is 0 Å². The molecule has 4 atom stereocenters. The van der Waals surface area contributed by atoms with E-state index in [1.165, 1.54) is 0 Å². The first-order valence-corrected chi connectivity index (χ1v) is 11.7. The van der Waals surface area contributed by atoms with Crippen LogP contribution in [-0.2, 0) is 17.6 Å². The van der Waals surface area contributed by atoms with Gasteiger partial charge < -0.3 is 25.8 Å². The van der Waals surface area contributed by atoms with E-state index in [1.54, 1.807) is 20.8 Å². The second-order valence-corrected chi connectivity index (χ2v) is 9.45. The van der Waals surface area contributed by atoms with Crippen LogP contribution in [-0.4, -0.2) is 62.5 Å². The number of aryl methyl sites for hydroxylation is 2. The molecule has 0 heterocycles.